The molecular formula is C28H26O8. The molecule has 5 rings (SSSR count). The Bertz CT molecular complexity index is 1150. The average Bonchev–Trinajstić information content (AvgIpc) is 2.95. The molecule has 2 aliphatic rings. The fraction of sp³-hybridized carbons (Fsp3) is 0.286. The van der Waals surface area contributed by atoms with Crippen molar-refractivity contribution in [2.75, 3.05) is 13.7 Å². The molecule has 2 saturated heterocycles. The Morgan fingerprint density at radius 2 is 1.25 bits per heavy atom. The van der Waals surface area contributed by atoms with E-state index in [0.717, 1.165) is 5.56 Å². The van der Waals surface area contributed by atoms with Crippen molar-refractivity contribution in [3.63, 3.8) is 0 Å². The van der Waals surface area contributed by atoms with E-state index in [2.05, 4.69) is 0 Å². The van der Waals surface area contributed by atoms with Gasteiger partial charge in [-0.3, -0.25) is 0 Å². The van der Waals surface area contributed by atoms with Crippen LogP contribution in [0, 0.1) is 0 Å². The summed E-state index contributed by atoms with van der Waals surface area (Å²) in [5.74, 6) is -1.18. The average molecular weight is 491 g/mol. The van der Waals surface area contributed by atoms with Gasteiger partial charge in [-0.15, -0.1) is 0 Å². The van der Waals surface area contributed by atoms with Crippen molar-refractivity contribution < 1.29 is 38.0 Å². The van der Waals surface area contributed by atoms with E-state index in [1.807, 2.05) is 30.3 Å². The predicted octanol–water partition coefficient (Wildman–Crippen LogP) is 3.92. The number of benzene rings is 3. The van der Waals surface area contributed by atoms with Crippen LogP contribution >= 0.6 is 0 Å². The van der Waals surface area contributed by atoms with Crippen molar-refractivity contribution in [2.24, 2.45) is 0 Å². The normalized spacial score (nSPS) is 27.5. The first-order valence-electron chi connectivity index (χ1n) is 11.7. The summed E-state index contributed by atoms with van der Waals surface area (Å²) < 4.78 is 35.5. The lowest BCUT2D eigenvalue weighted by molar-refractivity contribution is -0.356. The van der Waals surface area contributed by atoms with E-state index >= 15 is 0 Å². The quantitative estimate of drug-likeness (QED) is 0.481. The third-order valence-electron chi connectivity index (χ3n) is 6.09. The number of rotatable bonds is 6. The van der Waals surface area contributed by atoms with Crippen LogP contribution in [-0.2, 0) is 28.4 Å². The summed E-state index contributed by atoms with van der Waals surface area (Å²) in [7, 11) is 1.43. The Labute approximate surface area is 208 Å². The minimum absolute atomic E-state index is 0.169. The van der Waals surface area contributed by atoms with Gasteiger partial charge in [-0.25, -0.2) is 9.59 Å². The third-order valence-corrected chi connectivity index (χ3v) is 6.09. The minimum Gasteiger partial charge on any atom is -0.452 e. The molecule has 2 aliphatic heterocycles. The van der Waals surface area contributed by atoms with Gasteiger partial charge in [0.25, 0.3) is 0 Å². The molecule has 0 amide bonds. The van der Waals surface area contributed by atoms with E-state index in [9.17, 15) is 9.59 Å². The number of esters is 2. The maximum absolute atomic E-state index is 13.1. The van der Waals surface area contributed by atoms with E-state index < -0.39 is 48.9 Å². The second-order valence-electron chi connectivity index (χ2n) is 8.43. The lowest BCUT2D eigenvalue weighted by Crippen LogP contribution is -2.64. The summed E-state index contributed by atoms with van der Waals surface area (Å²) >= 11 is 0. The van der Waals surface area contributed by atoms with Gasteiger partial charge in [-0.1, -0.05) is 66.7 Å². The molecule has 8 nitrogen and oxygen atoms in total. The second kappa shape index (κ2) is 11.0. The molecule has 0 unspecified atom stereocenters. The smallest absolute Gasteiger partial charge is 0.338 e. The van der Waals surface area contributed by atoms with Crippen LogP contribution in [0.3, 0.4) is 0 Å². The van der Waals surface area contributed by atoms with Gasteiger partial charge in [-0.05, 0) is 24.3 Å². The Hall–Kier alpha value is -3.56. The summed E-state index contributed by atoms with van der Waals surface area (Å²) in [5.41, 5.74) is 1.50. The highest BCUT2D eigenvalue weighted by Gasteiger charge is 2.54. The van der Waals surface area contributed by atoms with Crippen LogP contribution in [-0.4, -0.2) is 56.4 Å². The summed E-state index contributed by atoms with van der Waals surface area (Å²) in [6.07, 6.45) is -5.23. The van der Waals surface area contributed by atoms with Gasteiger partial charge in [0.2, 0.25) is 0 Å². The molecular weight excluding hydrogens is 464 g/mol. The van der Waals surface area contributed by atoms with Crippen molar-refractivity contribution in [3.05, 3.63) is 108 Å². The van der Waals surface area contributed by atoms with Crippen LogP contribution < -0.4 is 0 Å². The standard InChI is InChI=1S/C28H26O8/c1-31-28-24(35-26(30)19-13-7-3-8-14-19)23(34-25(29)18-11-5-2-6-12-18)22-21(33-28)17-32-27(36-22)20-15-9-4-10-16-20/h2-16,21-24,27-28H,17H2,1H3/t21-,22-,23+,24+,27+,28+/m1/s1. The van der Waals surface area contributed by atoms with E-state index in [1.165, 1.54) is 7.11 Å². The third kappa shape index (κ3) is 5.17. The topological polar surface area (TPSA) is 89.5 Å². The Morgan fingerprint density at radius 1 is 0.722 bits per heavy atom. The van der Waals surface area contributed by atoms with Gasteiger partial charge in [0.15, 0.2) is 24.8 Å². The first-order valence-corrected chi connectivity index (χ1v) is 11.7. The Kier molecular flexibility index (Phi) is 7.39. The predicted molar refractivity (Wildman–Crippen MR) is 127 cm³/mol. The molecule has 0 bridgehead atoms. The van der Waals surface area contributed by atoms with Crippen LogP contribution in [0.5, 0.6) is 0 Å². The summed E-state index contributed by atoms with van der Waals surface area (Å²) in [4.78, 5) is 26.1. The molecule has 0 spiro atoms. The fourth-order valence-corrected chi connectivity index (χ4v) is 4.31. The lowest BCUT2D eigenvalue weighted by atomic mass is 9.97. The van der Waals surface area contributed by atoms with E-state index in [-0.39, 0.29) is 6.61 Å². The van der Waals surface area contributed by atoms with Gasteiger partial charge in [-0.2, -0.15) is 0 Å². The van der Waals surface area contributed by atoms with E-state index in [0.29, 0.717) is 11.1 Å². The largest absolute Gasteiger partial charge is 0.452 e. The van der Waals surface area contributed by atoms with Crippen LogP contribution in [0.2, 0.25) is 0 Å². The molecule has 0 N–H and O–H groups in total. The minimum atomic E-state index is -1.09. The molecule has 8 heteroatoms. The molecule has 36 heavy (non-hydrogen) atoms. The number of fused-ring (bicyclic) bond motifs is 1. The number of carbonyl (C=O) groups is 2. The summed E-state index contributed by atoms with van der Waals surface area (Å²) in [6, 6.07) is 26.5. The van der Waals surface area contributed by atoms with Gasteiger partial charge >= 0.3 is 11.9 Å². The number of hydrogen-bond acceptors (Lipinski definition) is 8. The molecule has 3 aromatic carbocycles. The Morgan fingerprint density at radius 3 is 1.81 bits per heavy atom. The van der Waals surface area contributed by atoms with Crippen molar-refractivity contribution in [2.45, 2.75) is 37.0 Å². The van der Waals surface area contributed by atoms with E-state index in [1.54, 1.807) is 60.7 Å². The SMILES string of the molecule is CO[C@H]1O[C@@H]2CO[C@H](c3ccccc3)O[C@H]2[C@H](OC(=O)c2ccccc2)[C@@H]1OC(=O)c1ccccc1. The molecule has 0 aromatic heterocycles. The number of ether oxygens (including phenoxy) is 6. The zero-order valence-electron chi connectivity index (χ0n) is 19.6. The van der Waals surface area contributed by atoms with Crippen molar-refractivity contribution in [1.82, 2.24) is 0 Å². The van der Waals surface area contributed by atoms with Crippen molar-refractivity contribution >= 4 is 11.9 Å². The molecule has 186 valence electrons. The van der Waals surface area contributed by atoms with Crippen LogP contribution in [0.15, 0.2) is 91.0 Å². The zero-order chi connectivity index (χ0) is 24.9. The molecule has 2 fully saturated rings. The van der Waals surface area contributed by atoms with Crippen molar-refractivity contribution in [3.8, 4) is 0 Å². The highest BCUT2D eigenvalue weighted by Crippen LogP contribution is 2.37. The van der Waals surface area contributed by atoms with Gasteiger partial charge in [0.1, 0.15) is 12.2 Å². The highest BCUT2D eigenvalue weighted by atomic mass is 16.8. The lowest BCUT2D eigenvalue weighted by Gasteiger charge is -2.47. The van der Waals surface area contributed by atoms with E-state index in [4.69, 9.17) is 28.4 Å². The summed E-state index contributed by atoms with van der Waals surface area (Å²) in [5, 5.41) is 0. The summed E-state index contributed by atoms with van der Waals surface area (Å²) in [6.45, 7) is 0.169. The van der Waals surface area contributed by atoms with Crippen LogP contribution in [0.1, 0.15) is 32.6 Å². The molecule has 0 aliphatic carbocycles. The maximum atomic E-state index is 13.1. The molecule has 0 saturated carbocycles. The van der Waals surface area contributed by atoms with Gasteiger partial charge in [0, 0.05) is 12.7 Å². The molecule has 2 heterocycles. The Balaban J connectivity index is 1.46. The first-order chi connectivity index (χ1) is 17.6. The monoisotopic (exact) mass is 490 g/mol. The van der Waals surface area contributed by atoms with Crippen LogP contribution in [0.25, 0.3) is 0 Å². The maximum Gasteiger partial charge on any atom is 0.338 e. The zero-order valence-corrected chi connectivity index (χ0v) is 19.6. The molecule has 0 radical (unpaired) electrons. The highest BCUT2D eigenvalue weighted by molar-refractivity contribution is 5.90. The van der Waals surface area contributed by atoms with Gasteiger partial charge in [0.05, 0.1) is 17.7 Å². The first kappa shape index (κ1) is 24.1. The second-order valence-corrected chi connectivity index (χ2v) is 8.43. The van der Waals surface area contributed by atoms with Gasteiger partial charge < -0.3 is 28.4 Å². The number of carbonyl (C=O) groups excluding carboxylic acids is 2. The van der Waals surface area contributed by atoms with Crippen molar-refractivity contribution in [1.29, 1.82) is 0 Å². The van der Waals surface area contributed by atoms with Crippen LogP contribution in [0.4, 0.5) is 0 Å². The number of hydrogen-bond donors (Lipinski definition) is 0. The fourth-order valence-electron chi connectivity index (χ4n) is 4.31. The molecule has 6 atom stereocenters. The molecule has 3 aromatic rings. The number of methoxy groups -OCH3 is 1.